The molecule has 0 spiro atoms. The molecule has 0 amide bonds. The minimum atomic E-state index is -0.447. The maximum Gasteiger partial charge on any atom is 0.273 e. The second-order valence-corrected chi connectivity index (χ2v) is 12.7. The van der Waals surface area contributed by atoms with Crippen LogP contribution in [0.5, 0.6) is 23.0 Å². The van der Waals surface area contributed by atoms with E-state index in [1.807, 2.05) is 55.6 Å². The standard InChI is InChI=1S/C38H44N4O6/c1-26-23-38(2,3)39-33-17-16-30(32(37(26)33)25-47-36-21-28(42(43)44)13-18-34(36)45-6)31-15-14-29(22-35(31)46-7)48-41(20-19-40(4)5)24-27-11-9-8-10-12-27/h8-18,21-23,39H,19-20,24-25H2,1-7H3. The van der Waals surface area contributed by atoms with Gasteiger partial charge in [0.05, 0.1) is 37.3 Å². The molecule has 1 N–H and O–H groups in total. The van der Waals surface area contributed by atoms with Gasteiger partial charge in [0.25, 0.3) is 5.69 Å². The summed E-state index contributed by atoms with van der Waals surface area (Å²) in [5.74, 6) is 1.99. The molecule has 48 heavy (non-hydrogen) atoms. The molecule has 0 saturated heterocycles. The van der Waals surface area contributed by atoms with Gasteiger partial charge in [-0.25, -0.2) is 0 Å². The third kappa shape index (κ3) is 8.07. The fourth-order valence-electron chi connectivity index (χ4n) is 6.00. The molecule has 10 heteroatoms. The zero-order valence-electron chi connectivity index (χ0n) is 28.7. The number of nitro benzene ring substituents is 1. The lowest BCUT2D eigenvalue weighted by molar-refractivity contribution is -0.385. The Kier molecular flexibility index (Phi) is 10.6. The van der Waals surface area contributed by atoms with E-state index in [9.17, 15) is 10.1 Å². The Morgan fingerprint density at radius 1 is 0.854 bits per heavy atom. The summed E-state index contributed by atoms with van der Waals surface area (Å²) in [6.45, 7) is 8.62. The summed E-state index contributed by atoms with van der Waals surface area (Å²) in [5, 5.41) is 17.1. The number of hydrogen-bond acceptors (Lipinski definition) is 9. The van der Waals surface area contributed by atoms with Gasteiger partial charge in [0.1, 0.15) is 12.4 Å². The molecular weight excluding hydrogens is 608 g/mol. The Balaban J connectivity index is 1.53. The van der Waals surface area contributed by atoms with Crippen molar-refractivity contribution in [2.45, 2.75) is 39.5 Å². The third-order valence-electron chi connectivity index (χ3n) is 8.17. The number of methoxy groups -OCH3 is 2. The summed E-state index contributed by atoms with van der Waals surface area (Å²) in [5.41, 5.74) is 6.58. The highest BCUT2D eigenvalue weighted by molar-refractivity contribution is 5.88. The summed E-state index contributed by atoms with van der Waals surface area (Å²) in [6, 6.07) is 24.6. The lowest BCUT2D eigenvalue weighted by atomic mass is 9.85. The van der Waals surface area contributed by atoms with Crippen LogP contribution in [0.4, 0.5) is 11.4 Å². The summed E-state index contributed by atoms with van der Waals surface area (Å²) in [4.78, 5) is 19.7. The summed E-state index contributed by atoms with van der Waals surface area (Å²) < 4.78 is 17.8. The van der Waals surface area contributed by atoms with Gasteiger partial charge in [-0.3, -0.25) is 10.1 Å². The molecule has 1 aliphatic heterocycles. The number of anilines is 1. The Bertz CT molecular complexity index is 1790. The van der Waals surface area contributed by atoms with Gasteiger partial charge in [-0.1, -0.05) is 42.5 Å². The van der Waals surface area contributed by atoms with Crippen molar-refractivity contribution in [1.29, 1.82) is 0 Å². The van der Waals surface area contributed by atoms with Gasteiger partial charge in [-0.05, 0) is 75.8 Å². The number of ether oxygens (including phenoxy) is 3. The quantitative estimate of drug-likeness (QED) is 0.108. The van der Waals surface area contributed by atoms with Gasteiger partial charge in [0.15, 0.2) is 17.2 Å². The van der Waals surface area contributed by atoms with Crippen LogP contribution in [0.3, 0.4) is 0 Å². The normalized spacial score (nSPS) is 13.4. The van der Waals surface area contributed by atoms with Crippen LogP contribution in [0.1, 0.15) is 37.5 Å². The number of likely N-dealkylation sites (N-methyl/N-ethyl adjacent to an activating group) is 1. The van der Waals surface area contributed by atoms with Crippen LogP contribution in [-0.4, -0.2) is 61.8 Å². The predicted molar refractivity (Wildman–Crippen MR) is 190 cm³/mol. The van der Waals surface area contributed by atoms with E-state index in [0.717, 1.165) is 45.6 Å². The summed E-state index contributed by atoms with van der Waals surface area (Å²) in [6.07, 6.45) is 2.19. The smallest absolute Gasteiger partial charge is 0.273 e. The fourth-order valence-corrected chi connectivity index (χ4v) is 6.00. The van der Waals surface area contributed by atoms with Crippen molar-refractivity contribution in [1.82, 2.24) is 9.96 Å². The van der Waals surface area contributed by atoms with E-state index in [1.165, 1.54) is 19.2 Å². The molecular formula is C38H44N4O6. The molecule has 1 heterocycles. The van der Waals surface area contributed by atoms with E-state index in [-0.39, 0.29) is 23.6 Å². The average Bonchev–Trinajstić information content (AvgIpc) is 3.05. The summed E-state index contributed by atoms with van der Waals surface area (Å²) >= 11 is 0. The van der Waals surface area contributed by atoms with E-state index in [4.69, 9.17) is 19.0 Å². The van der Waals surface area contributed by atoms with E-state index in [0.29, 0.717) is 30.3 Å². The third-order valence-corrected chi connectivity index (χ3v) is 8.17. The highest BCUT2D eigenvalue weighted by Gasteiger charge is 2.27. The van der Waals surface area contributed by atoms with E-state index < -0.39 is 4.92 Å². The minimum absolute atomic E-state index is 0.0789. The van der Waals surface area contributed by atoms with Crippen molar-refractivity contribution in [3.8, 4) is 34.1 Å². The van der Waals surface area contributed by atoms with Gasteiger partial charge in [0.2, 0.25) is 0 Å². The first-order valence-electron chi connectivity index (χ1n) is 15.9. The first-order valence-corrected chi connectivity index (χ1v) is 15.9. The monoisotopic (exact) mass is 652 g/mol. The zero-order chi connectivity index (χ0) is 34.4. The van der Waals surface area contributed by atoms with E-state index in [1.54, 1.807) is 13.2 Å². The molecule has 0 aromatic heterocycles. The number of benzene rings is 4. The van der Waals surface area contributed by atoms with Crippen LogP contribution in [-0.2, 0) is 13.2 Å². The Labute approximate surface area is 282 Å². The minimum Gasteiger partial charge on any atom is -0.496 e. The van der Waals surface area contributed by atoms with Crippen molar-refractivity contribution in [3.63, 3.8) is 0 Å². The molecule has 0 aliphatic carbocycles. The molecule has 1 aliphatic rings. The molecule has 10 nitrogen and oxygen atoms in total. The topological polar surface area (TPSA) is 98.6 Å². The summed E-state index contributed by atoms with van der Waals surface area (Å²) in [7, 11) is 7.24. The molecule has 0 radical (unpaired) electrons. The lowest BCUT2D eigenvalue weighted by Crippen LogP contribution is -2.34. The predicted octanol–water partition coefficient (Wildman–Crippen LogP) is 7.82. The lowest BCUT2D eigenvalue weighted by Gasteiger charge is -2.33. The van der Waals surface area contributed by atoms with Crippen LogP contribution in [0.25, 0.3) is 16.7 Å². The average molecular weight is 653 g/mol. The number of nitrogens with zero attached hydrogens (tertiary/aromatic N) is 3. The van der Waals surface area contributed by atoms with Crippen molar-refractivity contribution in [3.05, 3.63) is 112 Å². The Hall–Kier alpha value is -5.06. The molecule has 0 saturated carbocycles. The maximum atomic E-state index is 11.5. The maximum absolute atomic E-state index is 11.5. The molecule has 4 aromatic carbocycles. The fraction of sp³-hybridized carbons (Fsp3) is 0.316. The van der Waals surface area contributed by atoms with Crippen LogP contribution in [0.15, 0.2) is 84.9 Å². The number of nitro groups is 1. The highest BCUT2D eigenvalue weighted by atomic mass is 16.7. The van der Waals surface area contributed by atoms with E-state index in [2.05, 4.69) is 61.3 Å². The van der Waals surface area contributed by atoms with Gasteiger partial charge in [0, 0.05) is 47.6 Å². The second-order valence-electron chi connectivity index (χ2n) is 12.7. The van der Waals surface area contributed by atoms with Gasteiger partial charge in [-0.2, -0.15) is 0 Å². The molecule has 0 unspecified atom stereocenters. The first-order chi connectivity index (χ1) is 23.0. The number of allylic oxidation sites excluding steroid dienone is 1. The molecule has 5 rings (SSSR count). The van der Waals surface area contributed by atoms with Crippen molar-refractivity contribution >= 4 is 16.9 Å². The molecule has 0 bridgehead atoms. The molecule has 252 valence electrons. The zero-order valence-corrected chi connectivity index (χ0v) is 28.7. The highest BCUT2D eigenvalue weighted by Crippen LogP contribution is 2.44. The Morgan fingerprint density at radius 3 is 2.27 bits per heavy atom. The van der Waals surface area contributed by atoms with Crippen LogP contribution >= 0.6 is 0 Å². The van der Waals surface area contributed by atoms with Crippen molar-refractivity contribution in [2.75, 3.05) is 46.7 Å². The van der Waals surface area contributed by atoms with Crippen LogP contribution < -0.4 is 24.4 Å². The Morgan fingerprint density at radius 2 is 1.58 bits per heavy atom. The second kappa shape index (κ2) is 14.8. The largest absolute Gasteiger partial charge is 0.496 e. The van der Waals surface area contributed by atoms with Crippen LogP contribution in [0.2, 0.25) is 0 Å². The van der Waals surface area contributed by atoms with Crippen molar-refractivity contribution < 1.29 is 24.0 Å². The number of non-ortho nitro benzene ring substituents is 1. The van der Waals surface area contributed by atoms with Gasteiger partial charge < -0.3 is 29.3 Å². The number of hydroxylamine groups is 2. The number of hydrogen-bond donors (Lipinski definition) is 1. The van der Waals surface area contributed by atoms with Gasteiger partial charge >= 0.3 is 0 Å². The van der Waals surface area contributed by atoms with Crippen molar-refractivity contribution in [2.24, 2.45) is 0 Å². The van der Waals surface area contributed by atoms with Crippen LogP contribution in [0, 0.1) is 10.1 Å². The SMILES string of the molecule is COc1ccc([N+](=O)[O-])cc1OCc1c(-c2ccc(ON(CCN(C)C)Cc3ccccc3)cc2OC)ccc2c1C(C)=CC(C)(C)N2. The first kappa shape index (κ1) is 34.3. The van der Waals surface area contributed by atoms with E-state index >= 15 is 0 Å². The van der Waals surface area contributed by atoms with Gasteiger partial charge in [-0.15, -0.1) is 5.06 Å². The number of rotatable bonds is 14. The number of fused-ring (bicyclic) bond motifs is 1. The molecule has 4 aromatic rings. The molecule has 0 atom stereocenters. The molecule has 0 fully saturated rings. The number of nitrogens with one attached hydrogen (secondary N) is 1.